The summed E-state index contributed by atoms with van der Waals surface area (Å²) in [6.45, 7) is 26.3. The topological polar surface area (TPSA) is 30.9 Å². The molecule has 0 spiro atoms. The lowest BCUT2D eigenvalue weighted by Crippen LogP contribution is -2.46. The highest BCUT2D eigenvalue weighted by Crippen LogP contribution is 2.32. The van der Waals surface area contributed by atoms with E-state index in [4.69, 9.17) is 11.6 Å². The van der Waals surface area contributed by atoms with Crippen molar-refractivity contribution in [3.8, 4) is 0 Å². The number of nitrogens with zero attached hydrogens (tertiary/aromatic N) is 3. The molecule has 1 aliphatic rings. The highest BCUT2D eigenvalue weighted by atomic mass is 35.5. The van der Waals surface area contributed by atoms with Crippen molar-refractivity contribution in [1.82, 2.24) is 15.1 Å². The standard InChI is InChI=1S/C33H50BClN4/c1-10-13-26(5)39(33(7,8)34)21-19-37-25(4)15-16-28-17-18-29(35)23-30(28)27(6)38-20-12-11-14-32(38)31(36-9)22-24(2)3/h10,13,17-18,22-23,32,37H,1,4,6,11-12,14-16,19-21,34H2,2-3,5,7-9H3/b26-13+,36-31+. The number of hydrogen-bond acceptors (Lipinski definition) is 4. The van der Waals surface area contributed by atoms with Crippen molar-refractivity contribution in [2.45, 2.75) is 78.2 Å². The first-order chi connectivity index (χ1) is 18.4. The van der Waals surface area contributed by atoms with E-state index in [0.29, 0.717) is 0 Å². The molecule has 0 radical (unpaired) electrons. The van der Waals surface area contributed by atoms with Crippen molar-refractivity contribution in [3.63, 3.8) is 0 Å². The monoisotopic (exact) mass is 548 g/mol. The first-order valence-corrected chi connectivity index (χ1v) is 14.6. The molecular weight excluding hydrogens is 499 g/mol. The van der Waals surface area contributed by atoms with Crippen LogP contribution in [0.5, 0.6) is 0 Å². The second kappa shape index (κ2) is 15.2. The molecule has 1 aliphatic heterocycles. The Kier molecular flexibility index (Phi) is 12.7. The quantitative estimate of drug-likeness (QED) is 0.154. The second-order valence-electron chi connectivity index (χ2n) is 11.7. The first kappa shape index (κ1) is 32.6. The molecule has 0 aliphatic carbocycles. The maximum atomic E-state index is 6.50. The molecule has 1 atom stereocenters. The SMILES string of the molecule is BC(C)(C)N(CCNC(=C)CCc1ccc(Cl)cc1C(=C)N1CCCCC1/C(C=C(C)C)=N/C)/C(C)=C/C=C. The molecule has 1 unspecified atom stereocenters. The summed E-state index contributed by atoms with van der Waals surface area (Å²) >= 11 is 6.50. The zero-order valence-electron chi connectivity index (χ0n) is 25.5. The minimum Gasteiger partial charge on any atom is -0.387 e. The molecule has 0 amide bonds. The van der Waals surface area contributed by atoms with Crippen molar-refractivity contribution in [2.75, 3.05) is 26.7 Å². The Bertz CT molecular complexity index is 1110. The van der Waals surface area contributed by atoms with Gasteiger partial charge in [-0.1, -0.05) is 62.9 Å². The van der Waals surface area contributed by atoms with Crippen molar-refractivity contribution < 1.29 is 0 Å². The lowest BCUT2D eigenvalue weighted by atomic mass is 9.79. The normalized spacial score (nSPS) is 16.5. The predicted octanol–water partition coefficient (Wildman–Crippen LogP) is 7.00. The number of nitrogens with one attached hydrogen (secondary N) is 1. The van der Waals surface area contributed by atoms with Gasteiger partial charge in [-0.3, -0.25) is 4.99 Å². The third kappa shape index (κ3) is 9.79. The minimum absolute atomic E-state index is 0.0332. The van der Waals surface area contributed by atoms with Crippen molar-refractivity contribution in [1.29, 1.82) is 0 Å². The van der Waals surface area contributed by atoms with Crippen LogP contribution in [0.3, 0.4) is 0 Å². The minimum atomic E-state index is 0.0332. The molecule has 1 saturated heterocycles. The van der Waals surface area contributed by atoms with Crippen molar-refractivity contribution in [2.24, 2.45) is 4.99 Å². The molecule has 0 saturated carbocycles. The fraction of sp³-hybridized carbons (Fsp3) is 0.485. The average molecular weight is 549 g/mol. The second-order valence-corrected chi connectivity index (χ2v) is 12.2. The van der Waals surface area contributed by atoms with Gasteiger partial charge in [0.15, 0.2) is 0 Å². The maximum Gasteiger partial charge on any atom is 0.134 e. The fourth-order valence-electron chi connectivity index (χ4n) is 5.38. The van der Waals surface area contributed by atoms with Crippen LogP contribution < -0.4 is 5.32 Å². The number of benzene rings is 1. The summed E-state index contributed by atoms with van der Waals surface area (Å²) in [6, 6.07) is 6.43. The number of aliphatic imine (C=N–C) groups is 1. The zero-order valence-corrected chi connectivity index (χ0v) is 26.3. The van der Waals surface area contributed by atoms with Crippen molar-refractivity contribution in [3.05, 3.63) is 89.3 Å². The van der Waals surface area contributed by atoms with Crippen LogP contribution in [0.2, 0.25) is 5.02 Å². The Morgan fingerprint density at radius 2 is 1.97 bits per heavy atom. The smallest absolute Gasteiger partial charge is 0.134 e. The molecule has 6 heteroatoms. The molecule has 1 N–H and O–H groups in total. The van der Waals surface area contributed by atoms with Gasteiger partial charge >= 0.3 is 0 Å². The molecular formula is C33H50BClN4. The Balaban J connectivity index is 2.12. The van der Waals surface area contributed by atoms with E-state index >= 15 is 0 Å². The van der Waals surface area contributed by atoms with E-state index < -0.39 is 0 Å². The van der Waals surface area contributed by atoms with Crippen molar-refractivity contribution >= 4 is 30.9 Å². The third-order valence-corrected chi connectivity index (χ3v) is 7.50. The average Bonchev–Trinajstić information content (AvgIpc) is 2.87. The highest BCUT2D eigenvalue weighted by molar-refractivity contribution is 6.30. The van der Waals surface area contributed by atoms with Gasteiger partial charge in [-0.25, -0.2) is 0 Å². The van der Waals surface area contributed by atoms with Crippen LogP contribution >= 0.6 is 11.6 Å². The predicted molar refractivity (Wildman–Crippen MR) is 176 cm³/mol. The summed E-state index contributed by atoms with van der Waals surface area (Å²) in [6.07, 6.45) is 11.3. The Morgan fingerprint density at radius 1 is 1.26 bits per heavy atom. The first-order valence-electron chi connectivity index (χ1n) is 14.2. The number of rotatable bonds is 14. The van der Waals surface area contributed by atoms with Gasteiger partial charge in [0.05, 0.1) is 11.8 Å². The molecule has 39 heavy (non-hydrogen) atoms. The van der Waals surface area contributed by atoms with E-state index in [1.54, 1.807) is 0 Å². The molecule has 1 aromatic carbocycles. The van der Waals surface area contributed by atoms with E-state index in [1.807, 2.05) is 19.2 Å². The molecule has 4 nitrogen and oxygen atoms in total. The van der Waals surface area contributed by atoms with Gasteiger partial charge in [-0.05, 0) is 82.7 Å². The summed E-state index contributed by atoms with van der Waals surface area (Å²) in [5.41, 5.74) is 8.08. The lowest BCUT2D eigenvalue weighted by Gasteiger charge is -2.39. The number of allylic oxidation sites excluding steroid dienone is 5. The van der Waals surface area contributed by atoms with Crippen LogP contribution in [-0.2, 0) is 6.42 Å². The van der Waals surface area contributed by atoms with Crippen LogP contribution in [0.15, 0.2) is 78.1 Å². The van der Waals surface area contributed by atoms with Gasteiger partial charge < -0.3 is 15.1 Å². The molecule has 1 aromatic rings. The number of halogens is 1. The Labute approximate surface area is 244 Å². The molecule has 0 aromatic heterocycles. The van der Waals surface area contributed by atoms with Gasteiger partial charge in [0.1, 0.15) is 7.85 Å². The Morgan fingerprint density at radius 3 is 2.59 bits per heavy atom. The molecule has 212 valence electrons. The highest BCUT2D eigenvalue weighted by Gasteiger charge is 2.28. The largest absolute Gasteiger partial charge is 0.387 e. The van der Waals surface area contributed by atoms with Crippen LogP contribution in [0, 0.1) is 0 Å². The van der Waals surface area contributed by atoms with Gasteiger partial charge in [-0.15, -0.1) is 0 Å². The van der Waals surface area contributed by atoms with E-state index in [9.17, 15) is 0 Å². The van der Waals surface area contributed by atoms with E-state index in [0.717, 1.165) is 73.0 Å². The van der Waals surface area contributed by atoms with Crippen LogP contribution in [0.1, 0.15) is 71.4 Å². The summed E-state index contributed by atoms with van der Waals surface area (Å²) < 4.78 is 0. The van der Waals surface area contributed by atoms with Crippen LogP contribution in [0.25, 0.3) is 5.70 Å². The molecule has 1 fully saturated rings. The molecule has 2 rings (SSSR count). The van der Waals surface area contributed by atoms with Gasteiger partial charge in [0, 0.05) is 59.8 Å². The molecule has 0 bridgehead atoms. The van der Waals surface area contributed by atoms with Gasteiger partial charge in [0.25, 0.3) is 0 Å². The van der Waals surface area contributed by atoms with Gasteiger partial charge in [-0.2, -0.15) is 0 Å². The Hall–Kier alpha value is -2.66. The van der Waals surface area contributed by atoms with Crippen LogP contribution in [-0.4, -0.2) is 61.5 Å². The summed E-state index contributed by atoms with van der Waals surface area (Å²) in [7, 11) is 4.13. The van der Waals surface area contributed by atoms with Crippen LogP contribution in [0.4, 0.5) is 0 Å². The fourth-order valence-corrected chi connectivity index (χ4v) is 5.55. The number of hydrogen-bond donors (Lipinski definition) is 1. The van der Waals surface area contributed by atoms with E-state index in [1.165, 1.54) is 23.3 Å². The zero-order chi connectivity index (χ0) is 29.2. The maximum absolute atomic E-state index is 6.50. The summed E-state index contributed by atoms with van der Waals surface area (Å²) in [4.78, 5) is 9.49. The molecule has 1 heterocycles. The van der Waals surface area contributed by atoms with Gasteiger partial charge in [0.2, 0.25) is 0 Å². The number of aryl methyl sites for hydroxylation is 1. The number of likely N-dealkylation sites (tertiary alicyclic amines) is 1. The summed E-state index contributed by atoms with van der Waals surface area (Å²) in [5.74, 6) is 0. The van der Waals surface area contributed by atoms with E-state index in [2.05, 4.69) is 107 Å². The summed E-state index contributed by atoms with van der Waals surface area (Å²) in [5, 5.41) is 4.29. The third-order valence-electron chi connectivity index (χ3n) is 7.27. The lowest BCUT2D eigenvalue weighted by molar-refractivity contribution is 0.248. The number of piperidine rings is 1. The van der Waals surface area contributed by atoms with E-state index in [-0.39, 0.29) is 11.5 Å².